The smallest absolute Gasteiger partial charge is 0.244 e. The van der Waals surface area contributed by atoms with Crippen molar-refractivity contribution in [1.29, 1.82) is 0 Å². The van der Waals surface area contributed by atoms with E-state index in [0.29, 0.717) is 6.42 Å². The zero-order valence-electron chi connectivity index (χ0n) is 11.4. The van der Waals surface area contributed by atoms with Crippen LogP contribution in [0.3, 0.4) is 0 Å². The third-order valence-corrected chi connectivity index (χ3v) is 5.56. The van der Waals surface area contributed by atoms with Crippen LogP contribution in [-0.2, 0) is 14.6 Å². The molecule has 0 spiro atoms. The Balaban J connectivity index is 2.07. The van der Waals surface area contributed by atoms with Gasteiger partial charge in [-0.15, -0.1) is 0 Å². The van der Waals surface area contributed by atoms with Gasteiger partial charge in [0.05, 0.1) is 22.1 Å². The Morgan fingerprint density at radius 2 is 2.19 bits per heavy atom. The van der Waals surface area contributed by atoms with Gasteiger partial charge in [0.25, 0.3) is 0 Å². The fourth-order valence-corrected chi connectivity index (χ4v) is 4.60. The van der Waals surface area contributed by atoms with Gasteiger partial charge >= 0.3 is 0 Å². The number of amides is 1. The van der Waals surface area contributed by atoms with Crippen molar-refractivity contribution in [3.63, 3.8) is 0 Å². The van der Waals surface area contributed by atoms with Crippen LogP contribution in [0, 0.1) is 5.82 Å². The maximum atomic E-state index is 13.5. The summed E-state index contributed by atoms with van der Waals surface area (Å²) in [6, 6.07) is 4.24. The standard InChI is InChI=1S/C14H15ClFNO3S/c1-14(7-8-21(19,20)9-14)17-13(18)6-5-10-11(15)3-2-4-12(10)16/h2-6H,7-9H2,1H3,(H,17,18)/b6-5+/t14-/m1/s1. The van der Waals surface area contributed by atoms with E-state index in [4.69, 9.17) is 11.6 Å². The first-order valence-corrected chi connectivity index (χ1v) is 8.55. The Bertz CT molecular complexity index is 682. The van der Waals surface area contributed by atoms with Crippen molar-refractivity contribution in [3.8, 4) is 0 Å². The molecule has 0 saturated carbocycles. The Morgan fingerprint density at radius 3 is 2.76 bits per heavy atom. The van der Waals surface area contributed by atoms with E-state index in [9.17, 15) is 17.6 Å². The zero-order valence-corrected chi connectivity index (χ0v) is 13.0. The van der Waals surface area contributed by atoms with Crippen LogP contribution in [0.5, 0.6) is 0 Å². The third-order valence-electron chi connectivity index (χ3n) is 3.33. The second kappa shape index (κ2) is 5.77. The maximum Gasteiger partial charge on any atom is 0.244 e. The number of benzene rings is 1. The first-order chi connectivity index (χ1) is 9.71. The molecule has 1 N–H and O–H groups in total. The largest absolute Gasteiger partial charge is 0.346 e. The van der Waals surface area contributed by atoms with E-state index in [2.05, 4.69) is 5.32 Å². The highest BCUT2D eigenvalue weighted by molar-refractivity contribution is 7.91. The summed E-state index contributed by atoms with van der Waals surface area (Å²) in [5, 5.41) is 2.85. The van der Waals surface area contributed by atoms with E-state index < -0.39 is 27.1 Å². The van der Waals surface area contributed by atoms with Crippen LogP contribution >= 0.6 is 11.6 Å². The first kappa shape index (κ1) is 16.0. The molecule has 1 aliphatic heterocycles. The molecule has 0 aromatic heterocycles. The van der Waals surface area contributed by atoms with Crippen LogP contribution in [0.2, 0.25) is 5.02 Å². The van der Waals surface area contributed by atoms with Crippen molar-refractivity contribution in [2.45, 2.75) is 18.9 Å². The fourth-order valence-electron chi connectivity index (χ4n) is 2.28. The third kappa shape index (κ3) is 4.04. The second-order valence-electron chi connectivity index (χ2n) is 5.36. The summed E-state index contributed by atoms with van der Waals surface area (Å²) in [7, 11) is -3.10. The normalized spacial score (nSPS) is 24.3. The van der Waals surface area contributed by atoms with Gasteiger partial charge in [-0.2, -0.15) is 0 Å². The predicted octanol–water partition coefficient (Wildman–Crippen LogP) is 2.19. The quantitative estimate of drug-likeness (QED) is 0.863. The lowest BCUT2D eigenvalue weighted by Gasteiger charge is -2.22. The highest BCUT2D eigenvalue weighted by Crippen LogP contribution is 2.23. The van der Waals surface area contributed by atoms with Crippen LogP contribution in [0.15, 0.2) is 24.3 Å². The number of carbonyl (C=O) groups excluding carboxylic acids is 1. The van der Waals surface area contributed by atoms with Crippen LogP contribution in [-0.4, -0.2) is 31.4 Å². The minimum absolute atomic E-state index is 0.0621. The molecule has 114 valence electrons. The summed E-state index contributed by atoms with van der Waals surface area (Å²) in [6.07, 6.45) is 2.80. The van der Waals surface area contributed by atoms with Crippen molar-refractivity contribution in [1.82, 2.24) is 5.32 Å². The SMILES string of the molecule is C[C@@]1(NC(=O)/C=C/c2c(F)cccc2Cl)CCS(=O)(=O)C1. The number of halogens is 2. The number of rotatable bonds is 3. The van der Waals surface area contributed by atoms with Gasteiger partial charge in [0.1, 0.15) is 5.82 Å². The second-order valence-corrected chi connectivity index (χ2v) is 7.95. The van der Waals surface area contributed by atoms with Gasteiger partial charge in [0.15, 0.2) is 9.84 Å². The van der Waals surface area contributed by atoms with Gasteiger partial charge < -0.3 is 5.32 Å². The molecule has 2 rings (SSSR count). The van der Waals surface area contributed by atoms with Gasteiger partial charge in [-0.25, -0.2) is 12.8 Å². The van der Waals surface area contributed by atoms with Crippen LogP contribution in [0.25, 0.3) is 6.08 Å². The van der Waals surface area contributed by atoms with Gasteiger partial charge in [-0.1, -0.05) is 17.7 Å². The average Bonchev–Trinajstić information content (AvgIpc) is 2.62. The van der Waals surface area contributed by atoms with E-state index in [1.54, 1.807) is 6.92 Å². The molecule has 1 atom stereocenters. The molecule has 1 aromatic rings. The summed E-state index contributed by atoms with van der Waals surface area (Å²) >= 11 is 5.85. The zero-order chi connectivity index (χ0) is 15.7. The monoisotopic (exact) mass is 331 g/mol. The molecule has 4 nitrogen and oxygen atoms in total. The van der Waals surface area contributed by atoms with Crippen LogP contribution in [0.1, 0.15) is 18.9 Å². The van der Waals surface area contributed by atoms with Crippen molar-refractivity contribution < 1.29 is 17.6 Å². The Morgan fingerprint density at radius 1 is 1.48 bits per heavy atom. The lowest BCUT2D eigenvalue weighted by atomic mass is 10.0. The van der Waals surface area contributed by atoms with Crippen molar-refractivity contribution in [3.05, 3.63) is 40.7 Å². The minimum atomic E-state index is -3.10. The van der Waals surface area contributed by atoms with Gasteiger partial charge in [-0.05, 0) is 31.6 Å². The minimum Gasteiger partial charge on any atom is -0.346 e. The van der Waals surface area contributed by atoms with E-state index in [-0.39, 0.29) is 22.1 Å². The average molecular weight is 332 g/mol. The van der Waals surface area contributed by atoms with E-state index >= 15 is 0 Å². The van der Waals surface area contributed by atoms with E-state index in [0.717, 1.165) is 6.08 Å². The summed E-state index contributed by atoms with van der Waals surface area (Å²) < 4.78 is 36.5. The highest BCUT2D eigenvalue weighted by atomic mass is 35.5. The molecule has 1 amide bonds. The molecule has 1 heterocycles. The molecule has 21 heavy (non-hydrogen) atoms. The Labute approximate surface area is 127 Å². The molecule has 1 aliphatic rings. The van der Waals surface area contributed by atoms with Crippen molar-refractivity contribution in [2.75, 3.05) is 11.5 Å². The molecular weight excluding hydrogens is 317 g/mol. The van der Waals surface area contributed by atoms with Gasteiger partial charge in [0.2, 0.25) is 5.91 Å². The number of sulfone groups is 1. The molecule has 0 unspecified atom stereocenters. The highest BCUT2D eigenvalue weighted by Gasteiger charge is 2.39. The van der Waals surface area contributed by atoms with Crippen molar-refractivity contribution in [2.24, 2.45) is 0 Å². The number of hydrogen-bond donors (Lipinski definition) is 1. The number of carbonyl (C=O) groups is 1. The molecule has 7 heteroatoms. The lowest BCUT2D eigenvalue weighted by molar-refractivity contribution is -0.117. The first-order valence-electron chi connectivity index (χ1n) is 6.35. The van der Waals surface area contributed by atoms with Gasteiger partial charge in [0, 0.05) is 11.6 Å². The number of nitrogens with one attached hydrogen (secondary N) is 1. The summed E-state index contributed by atoms with van der Waals surface area (Å²) in [5.74, 6) is -1.03. The Hall–Kier alpha value is -1.40. The summed E-state index contributed by atoms with van der Waals surface area (Å²) in [5.41, 5.74) is -0.655. The van der Waals surface area contributed by atoms with Crippen LogP contribution < -0.4 is 5.32 Å². The molecule has 1 saturated heterocycles. The molecule has 1 aromatic carbocycles. The lowest BCUT2D eigenvalue weighted by Crippen LogP contribution is -2.46. The van der Waals surface area contributed by atoms with Gasteiger partial charge in [-0.3, -0.25) is 4.79 Å². The predicted molar refractivity (Wildman–Crippen MR) is 80.3 cm³/mol. The van der Waals surface area contributed by atoms with E-state index in [1.165, 1.54) is 24.3 Å². The fraction of sp³-hybridized carbons (Fsp3) is 0.357. The molecular formula is C14H15ClFNO3S. The summed E-state index contributed by atoms with van der Waals surface area (Å²) in [6.45, 7) is 1.68. The van der Waals surface area contributed by atoms with E-state index in [1.807, 2.05) is 0 Å². The Kier molecular flexibility index (Phi) is 4.39. The molecule has 0 aliphatic carbocycles. The summed E-state index contributed by atoms with van der Waals surface area (Å²) in [4.78, 5) is 11.9. The number of hydrogen-bond acceptors (Lipinski definition) is 3. The maximum absolute atomic E-state index is 13.5. The topological polar surface area (TPSA) is 63.2 Å². The van der Waals surface area contributed by atoms with Crippen LogP contribution in [0.4, 0.5) is 4.39 Å². The molecule has 1 fully saturated rings. The molecule has 0 radical (unpaired) electrons. The molecule has 0 bridgehead atoms. The van der Waals surface area contributed by atoms with Crippen molar-refractivity contribution >= 4 is 33.4 Å².